The van der Waals surface area contributed by atoms with Crippen molar-refractivity contribution in [3.8, 4) is 0 Å². The largest absolute Gasteiger partial charge is 0.466 e. The molecule has 0 aliphatic heterocycles. The third-order valence-corrected chi connectivity index (χ3v) is 5.22. The molecule has 0 spiro atoms. The Labute approximate surface area is 168 Å². The molecule has 1 N–H and O–H groups in total. The minimum Gasteiger partial charge on any atom is -0.466 e. The van der Waals surface area contributed by atoms with Crippen LogP contribution in [0.3, 0.4) is 0 Å². The summed E-state index contributed by atoms with van der Waals surface area (Å²) in [7, 11) is 0. The van der Waals surface area contributed by atoms with Crippen LogP contribution in [0.1, 0.15) is 51.7 Å². The van der Waals surface area contributed by atoms with E-state index < -0.39 is 0 Å². The van der Waals surface area contributed by atoms with Crippen LogP contribution < -0.4 is 5.32 Å². The monoisotopic (exact) mass is 405 g/mol. The van der Waals surface area contributed by atoms with E-state index >= 15 is 0 Å². The van der Waals surface area contributed by atoms with Crippen molar-refractivity contribution in [3.63, 3.8) is 0 Å². The molecule has 2 aromatic heterocycles. The van der Waals surface area contributed by atoms with E-state index in [0.717, 1.165) is 22.6 Å². The van der Waals surface area contributed by atoms with Gasteiger partial charge in [-0.05, 0) is 45.4 Å². The van der Waals surface area contributed by atoms with Crippen molar-refractivity contribution in [2.45, 2.75) is 40.3 Å². The van der Waals surface area contributed by atoms with Gasteiger partial charge in [-0.15, -0.1) is 0 Å². The van der Waals surface area contributed by atoms with Crippen molar-refractivity contribution >= 4 is 29.1 Å². The van der Waals surface area contributed by atoms with Gasteiger partial charge in [0, 0.05) is 10.6 Å². The fourth-order valence-electron chi connectivity index (χ4n) is 3.13. The summed E-state index contributed by atoms with van der Waals surface area (Å²) < 4.78 is 7.13. The number of hydrogen-bond donors (Lipinski definition) is 1. The predicted octanol–water partition coefficient (Wildman–Crippen LogP) is 5.25. The number of nitrogens with zero attached hydrogens (tertiary/aromatic N) is 2. The van der Waals surface area contributed by atoms with E-state index in [9.17, 15) is 4.79 Å². The molecule has 142 valence electrons. The molecule has 1 unspecified atom stereocenters. The van der Waals surface area contributed by atoms with Gasteiger partial charge < -0.3 is 9.73 Å². The standard InChI is InChI=1S/C20H21Cl2N3O2/c1-11-9-16(14(4)27-11)12(2)23-20(26)18-13(3)24-25(19(18)22)10-15-7-5-6-8-17(15)21/h5-9,12H,10H2,1-4H3,(H,23,26). The van der Waals surface area contributed by atoms with Crippen LogP contribution in [-0.4, -0.2) is 15.7 Å². The Bertz CT molecular complexity index is 991. The molecule has 1 atom stereocenters. The molecular formula is C20H21Cl2N3O2. The van der Waals surface area contributed by atoms with Crippen LogP contribution in [0, 0.1) is 20.8 Å². The van der Waals surface area contributed by atoms with Gasteiger partial charge in [0.15, 0.2) is 0 Å². The van der Waals surface area contributed by atoms with E-state index in [1.807, 2.05) is 51.1 Å². The molecule has 0 bridgehead atoms. The lowest BCUT2D eigenvalue weighted by Gasteiger charge is -2.13. The smallest absolute Gasteiger partial charge is 0.256 e. The van der Waals surface area contributed by atoms with Crippen LogP contribution in [0.4, 0.5) is 0 Å². The molecule has 1 aromatic carbocycles. The molecule has 0 radical (unpaired) electrons. The van der Waals surface area contributed by atoms with E-state index in [1.54, 1.807) is 11.6 Å². The number of halogens is 2. The number of hydrogen-bond acceptors (Lipinski definition) is 3. The second kappa shape index (κ2) is 7.79. The molecule has 3 aromatic rings. The molecule has 2 heterocycles. The van der Waals surface area contributed by atoms with Crippen LogP contribution in [0.2, 0.25) is 10.2 Å². The summed E-state index contributed by atoms with van der Waals surface area (Å²) in [5.41, 5.74) is 2.76. The summed E-state index contributed by atoms with van der Waals surface area (Å²) in [5.74, 6) is 1.33. The zero-order chi connectivity index (χ0) is 19.7. The minimum absolute atomic E-state index is 0.211. The van der Waals surface area contributed by atoms with Gasteiger partial charge in [0.2, 0.25) is 0 Å². The Morgan fingerprint density at radius 1 is 1.26 bits per heavy atom. The van der Waals surface area contributed by atoms with Gasteiger partial charge in [-0.25, -0.2) is 4.68 Å². The lowest BCUT2D eigenvalue weighted by molar-refractivity contribution is 0.0939. The first-order valence-corrected chi connectivity index (χ1v) is 9.37. The number of aryl methyl sites for hydroxylation is 3. The lowest BCUT2D eigenvalue weighted by atomic mass is 10.1. The van der Waals surface area contributed by atoms with E-state index in [4.69, 9.17) is 27.6 Å². The Balaban J connectivity index is 1.82. The maximum absolute atomic E-state index is 12.8. The molecular weight excluding hydrogens is 385 g/mol. The van der Waals surface area contributed by atoms with Gasteiger partial charge in [-0.2, -0.15) is 5.10 Å². The van der Waals surface area contributed by atoms with Gasteiger partial charge >= 0.3 is 0 Å². The highest BCUT2D eigenvalue weighted by atomic mass is 35.5. The Hall–Kier alpha value is -2.24. The molecule has 5 nitrogen and oxygen atoms in total. The molecule has 0 fully saturated rings. The molecule has 0 aliphatic carbocycles. The number of aromatic nitrogens is 2. The summed E-state index contributed by atoms with van der Waals surface area (Å²) in [6.45, 7) is 7.83. The number of carbonyl (C=O) groups excluding carboxylic acids is 1. The lowest BCUT2D eigenvalue weighted by Crippen LogP contribution is -2.27. The molecule has 0 saturated carbocycles. The minimum atomic E-state index is -0.270. The summed E-state index contributed by atoms with van der Waals surface area (Å²) >= 11 is 12.7. The van der Waals surface area contributed by atoms with Gasteiger partial charge in [0.25, 0.3) is 5.91 Å². The average Bonchev–Trinajstić information content (AvgIpc) is 3.08. The van der Waals surface area contributed by atoms with Crippen LogP contribution in [0.15, 0.2) is 34.7 Å². The summed E-state index contributed by atoms with van der Waals surface area (Å²) in [4.78, 5) is 12.8. The highest BCUT2D eigenvalue weighted by Crippen LogP contribution is 2.25. The number of carbonyl (C=O) groups is 1. The fourth-order valence-corrected chi connectivity index (χ4v) is 3.65. The van der Waals surface area contributed by atoms with Crippen molar-refractivity contribution in [1.82, 2.24) is 15.1 Å². The third kappa shape index (κ3) is 4.04. The Morgan fingerprint density at radius 3 is 2.59 bits per heavy atom. The maximum atomic E-state index is 12.8. The van der Waals surface area contributed by atoms with Crippen molar-refractivity contribution < 1.29 is 9.21 Å². The predicted molar refractivity (Wildman–Crippen MR) is 107 cm³/mol. The second-order valence-electron chi connectivity index (χ2n) is 6.56. The van der Waals surface area contributed by atoms with E-state index in [0.29, 0.717) is 22.8 Å². The highest BCUT2D eigenvalue weighted by molar-refractivity contribution is 6.33. The molecule has 0 saturated heterocycles. The molecule has 27 heavy (non-hydrogen) atoms. The Morgan fingerprint density at radius 2 is 1.96 bits per heavy atom. The first-order chi connectivity index (χ1) is 12.8. The van der Waals surface area contributed by atoms with E-state index in [2.05, 4.69) is 10.4 Å². The first-order valence-electron chi connectivity index (χ1n) is 8.62. The summed E-state index contributed by atoms with van der Waals surface area (Å²) in [6.07, 6.45) is 0. The zero-order valence-corrected chi connectivity index (χ0v) is 17.1. The van der Waals surface area contributed by atoms with Gasteiger partial charge in [-0.3, -0.25) is 4.79 Å². The normalized spacial score (nSPS) is 12.2. The Kier molecular flexibility index (Phi) is 5.63. The van der Waals surface area contributed by atoms with E-state index in [1.165, 1.54) is 0 Å². The van der Waals surface area contributed by atoms with Crippen molar-refractivity contribution in [1.29, 1.82) is 0 Å². The molecule has 3 rings (SSSR count). The van der Waals surface area contributed by atoms with Crippen molar-refractivity contribution in [2.24, 2.45) is 0 Å². The molecule has 7 heteroatoms. The topological polar surface area (TPSA) is 60.1 Å². The number of rotatable bonds is 5. The van der Waals surface area contributed by atoms with Crippen molar-refractivity contribution in [2.75, 3.05) is 0 Å². The number of nitrogens with one attached hydrogen (secondary N) is 1. The van der Waals surface area contributed by atoms with Gasteiger partial charge in [0.05, 0.1) is 23.8 Å². The quantitative estimate of drug-likeness (QED) is 0.630. The maximum Gasteiger partial charge on any atom is 0.256 e. The summed E-state index contributed by atoms with van der Waals surface area (Å²) in [5, 5.41) is 8.31. The number of amides is 1. The van der Waals surface area contributed by atoms with Crippen LogP contribution in [-0.2, 0) is 6.54 Å². The zero-order valence-electron chi connectivity index (χ0n) is 15.6. The van der Waals surface area contributed by atoms with Crippen LogP contribution >= 0.6 is 23.2 Å². The number of benzene rings is 1. The number of furan rings is 1. The van der Waals surface area contributed by atoms with E-state index in [-0.39, 0.29) is 17.1 Å². The second-order valence-corrected chi connectivity index (χ2v) is 7.33. The average molecular weight is 406 g/mol. The fraction of sp³-hybridized carbons (Fsp3) is 0.300. The third-order valence-electron chi connectivity index (χ3n) is 4.46. The van der Waals surface area contributed by atoms with Crippen LogP contribution in [0.5, 0.6) is 0 Å². The first kappa shape index (κ1) is 19.5. The van der Waals surface area contributed by atoms with Gasteiger partial charge in [-0.1, -0.05) is 41.4 Å². The van der Waals surface area contributed by atoms with Gasteiger partial charge in [0.1, 0.15) is 16.7 Å². The highest BCUT2D eigenvalue weighted by Gasteiger charge is 2.23. The van der Waals surface area contributed by atoms with Crippen molar-refractivity contribution in [3.05, 3.63) is 74.4 Å². The SMILES string of the molecule is Cc1cc(C(C)NC(=O)c2c(C)nn(Cc3ccccc3Cl)c2Cl)c(C)o1. The van der Waals surface area contributed by atoms with Crippen LogP contribution in [0.25, 0.3) is 0 Å². The molecule has 0 aliphatic rings. The molecule has 1 amide bonds. The summed E-state index contributed by atoms with van der Waals surface area (Å²) in [6, 6.07) is 9.19.